The zero-order chi connectivity index (χ0) is 13.8. The molecule has 0 aromatic heterocycles. The van der Waals surface area contributed by atoms with Crippen molar-refractivity contribution in [3.05, 3.63) is 35.6 Å². The lowest BCUT2D eigenvalue weighted by Gasteiger charge is -2.09. The molecule has 0 spiro atoms. The van der Waals surface area contributed by atoms with Gasteiger partial charge >= 0.3 is 5.97 Å². The van der Waals surface area contributed by atoms with Gasteiger partial charge in [-0.3, -0.25) is 4.79 Å². The Hall–Kier alpha value is -1.47. The smallest absolute Gasteiger partial charge is 0.323 e. The molecule has 2 N–H and O–H groups in total. The SMILES string of the molecule is CC(C(=O)O)S(=O)(=O)NCCc1ccc(F)cc1. The van der Waals surface area contributed by atoms with Gasteiger partial charge in [0.05, 0.1) is 0 Å². The predicted molar refractivity (Wildman–Crippen MR) is 64.1 cm³/mol. The molecule has 1 aromatic rings. The van der Waals surface area contributed by atoms with E-state index >= 15 is 0 Å². The maximum Gasteiger partial charge on any atom is 0.323 e. The largest absolute Gasteiger partial charge is 0.480 e. The van der Waals surface area contributed by atoms with Crippen molar-refractivity contribution >= 4 is 16.0 Å². The summed E-state index contributed by atoms with van der Waals surface area (Å²) in [5, 5.41) is 7.11. The molecule has 5 nitrogen and oxygen atoms in total. The molecule has 1 rings (SSSR count). The second kappa shape index (κ2) is 5.92. The summed E-state index contributed by atoms with van der Waals surface area (Å²) >= 11 is 0. The van der Waals surface area contributed by atoms with Crippen molar-refractivity contribution < 1.29 is 22.7 Å². The first kappa shape index (κ1) is 14.6. The van der Waals surface area contributed by atoms with Gasteiger partial charge in [0.25, 0.3) is 0 Å². The minimum Gasteiger partial charge on any atom is -0.480 e. The number of carboxylic acids is 1. The van der Waals surface area contributed by atoms with Crippen LogP contribution in [0.1, 0.15) is 12.5 Å². The Labute approximate surface area is 105 Å². The summed E-state index contributed by atoms with van der Waals surface area (Å²) in [5.74, 6) is -1.76. The van der Waals surface area contributed by atoms with Gasteiger partial charge in [-0.25, -0.2) is 17.5 Å². The highest BCUT2D eigenvalue weighted by atomic mass is 32.2. The first-order valence-corrected chi connectivity index (χ1v) is 6.83. The average molecular weight is 275 g/mol. The molecule has 100 valence electrons. The maximum atomic E-state index is 12.6. The molecule has 0 saturated heterocycles. The second-order valence-corrected chi connectivity index (χ2v) is 5.88. The Balaban J connectivity index is 2.51. The highest BCUT2D eigenvalue weighted by Crippen LogP contribution is 2.04. The molecule has 7 heteroatoms. The van der Waals surface area contributed by atoms with E-state index in [0.717, 1.165) is 12.5 Å². The van der Waals surface area contributed by atoms with Gasteiger partial charge < -0.3 is 5.11 Å². The summed E-state index contributed by atoms with van der Waals surface area (Å²) in [6.45, 7) is 1.17. The van der Waals surface area contributed by atoms with Crippen molar-refractivity contribution in [2.75, 3.05) is 6.54 Å². The van der Waals surface area contributed by atoms with Crippen molar-refractivity contribution in [1.29, 1.82) is 0 Å². The molecule has 0 aliphatic heterocycles. The molecule has 0 aliphatic rings. The van der Waals surface area contributed by atoms with Gasteiger partial charge in [-0.05, 0) is 31.0 Å². The first-order chi connectivity index (χ1) is 8.33. The summed E-state index contributed by atoms with van der Waals surface area (Å²) < 4.78 is 37.7. The van der Waals surface area contributed by atoms with Gasteiger partial charge in [0.2, 0.25) is 10.0 Å². The Morgan fingerprint density at radius 1 is 1.39 bits per heavy atom. The molecule has 18 heavy (non-hydrogen) atoms. The van der Waals surface area contributed by atoms with Gasteiger partial charge in [-0.2, -0.15) is 0 Å². The number of aliphatic carboxylic acids is 1. The van der Waals surface area contributed by atoms with Crippen molar-refractivity contribution in [1.82, 2.24) is 4.72 Å². The molecule has 1 unspecified atom stereocenters. The predicted octanol–water partition coefficient (Wildman–Crippen LogP) is 0.761. The lowest BCUT2D eigenvalue weighted by molar-refractivity contribution is -0.136. The molecule has 0 saturated carbocycles. The first-order valence-electron chi connectivity index (χ1n) is 5.28. The third-order valence-electron chi connectivity index (χ3n) is 2.44. The molecule has 1 atom stereocenters. The summed E-state index contributed by atoms with van der Waals surface area (Å²) in [6.07, 6.45) is 0.367. The van der Waals surface area contributed by atoms with Gasteiger partial charge in [0, 0.05) is 6.54 Å². The van der Waals surface area contributed by atoms with Crippen LogP contribution in [0.3, 0.4) is 0 Å². The number of carbonyl (C=O) groups is 1. The van der Waals surface area contributed by atoms with E-state index in [4.69, 9.17) is 5.11 Å². The van der Waals surface area contributed by atoms with E-state index in [1.807, 2.05) is 0 Å². The molecule has 0 heterocycles. The topological polar surface area (TPSA) is 83.5 Å². The second-order valence-electron chi connectivity index (χ2n) is 3.80. The number of rotatable bonds is 6. The number of hydrogen-bond donors (Lipinski definition) is 2. The summed E-state index contributed by atoms with van der Waals surface area (Å²) in [4.78, 5) is 10.6. The van der Waals surface area contributed by atoms with Crippen LogP contribution in [0.4, 0.5) is 4.39 Å². The van der Waals surface area contributed by atoms with Crippen LogP contribution in [0.5, 0.6) is 0 Å². The van der Waals surface area contributed by atoms with E-state index in [2.05, 4.69) is 4.72 Å². The molecule has 0 radical (unpaired) electrons. The third-order valence-corrected chi connectivity index (χ3v) is 4.18. The zero-order valence-electron chi connectivity index (χ0n) is 9.76. The van der Waals surface area contributed by atoms with E-state index in [1.54, 1.807) is 12.1 Å². The molecule has 0 bridgehead atoms. The number of carboxylic acid groups (broad SMARTS) is 1. The molecule has 1 aromatic carbocycles. The van der Waals surface area contributed by atoms with Gasteiger partial charge in [-0.1, -0.05) is 12.1 Å². The Bertz CT molecular complexity index is 512. The van der Waals surface area contributed by atoms with Crippen LogP contribution < -0.4 is 4.72 Å². The summed E-state index contributed by atoms with van der Waals surface area (Å²) in [5.41, 5.74) is 0.766. The van der Waals surface area contributed by atoms with Gasteiger partial charge in [0.1, 0.15) is 5.82 Å². The molecule has 0 fully saturated rings. The van der Waals surface area contributed by atoms with E-state index in [9.17, 15) is 17.6 Å². The molecular formula is C11H14FNO4S. The van der Waals surface area contributed by atoms with Crippen molar-refractivity contribution in [3.63, 3.8) is 0 Å². The van der Waals surface area contributed by atoms with Crippen LogP contribution in [0, 0.1) is 5.82 Å². The van der Waals surface area contributed by atoms with E-state index < -0.39 is 21.2 Å². The number of hydrogen-bond acceptors (Lipinski definition) is 3. The van der Waals surface area contributed by atoms with Gasteiger partial charge in [-0.15, -0.1) is 0 Å². The normalized spacial score (nSPS) is 13.2. The van der Waals surface area contributed by atoms with E-state index in [0.29, 0.717) is 6.42 Å². The van der Waals surface area contributed by atoms with Crippen LogP contribution in [0.25, 0.3) is 0 Å². The minimum absolute atomic E-state index is 0.0750. The summed E-state index contributed by atoms with van der Waals surface area (Å²) in [7, 11) is -3.86. The number of sulfonamides is 1. The molecule has 0 amide bonds. The van der Waals surface area contributed by atoms with E-state index in [1.165, 1.54) is 12.1 Å². The molecular weight excluding hydrogens is 261 g/mol. The van der Waals surface area contributed by atoms with Crippen molar-refractivity contribution in [2.45, 2.75) is 18.6 Å². The van der Waals surface area contributed by atoms with Crippen LogP contribution in [0.15, 0.2) is 24.3 Å². The maximum absolute atomic E-state index is 12.6. The number of benzene rings is 1. The Morgan fingerprint density at radius 2 is 1.94 bits per heavy atom. The zero-order valence-corrected chi connectivity index (χ0v) is 10.6. The fourth-order valence-corrected chi connectivity index (χ4v) is 2.15. The fraction of sp³-hybridized carbons (Fsp3) is 0.364. The quantitative estimate of drug-likeness (QED) is 0.803. The van der Waals surface area contributed by atoms with Gasteiger partial charge in [0.15, 0.2) is 5.25 Å². The van der Waals surface area contributed by atoms with Crippen LogP contribution in [-0.4, -0.2) is 31.3 Å². The van der Waals surface area contributed by atoms with Crippen LogP contribution in [-0.2, 0) is 21.2 Å². The van der Waals surface area contributed by atoms with Crippen molar-refractivity contribution in [3.8, 4) is 0 Å². The third kappa shape index (κ3) is 4.08. The number of halogens is 1. The standard InChI is InChI=1S/C11H14FNO4S/c1-8(11(14)15)18(16,17)13-7-6-9-2-4-10(12)5-3-9/h2-5,8,13H,6-7H2,1H3,(H,14,15). The molecule has 0 aliphatic carbocycles. The van der Waals surface area contributed by atoms with Crippen LogP contribution >= 0.6 is 0 Å². The highest BCUT2D eigenvalue weighted by molar-refractivity contribution is 7.90. The lowest BCUT2D eigenvalue weighted by atomic mass is 10.1. The van der Waals surface area contributed by atoms with Crippen molar-refractivity contribution in [2.24, 2.45) is 0 Å². The average Bonchev–Trinajstić information content (AvgIpc) is 2.30. The monoisotopic (exact) mass is 275 g/mol. The minimum atomic E-state index is -3.86. The fourth-order valence-electron chi connectivity index (χ4n) is 1.25. The Kier molecular flexibility index (Phi) is 4.80. The van der Waals surface area contributed by atoms with Crippen LogP contribution in [0.2, 0.25) is 0 Å². The summed E-state index contributed by atoms with van der Waals surface area (Å²) in [6, 6.07) is 5.65. The van der Waals surface area contributed by atoms with E-state index in [-0.39, 0.29) is 12.4 Å². The lowest BCUT2D eigenvalue weighted by Crippen LogP contribution is -2.38. The number of nitrogens with one attached hydrogen (secondary N) is 1. The highest BCUT2D eigenvalue weighted by Gasteiger charge is 2.26. The Morgan fingerprint density at radius 3 is 2.44 bits per heavy atom.